The van der Waals surface area contributed by atoms with Crippen molar-refractivity contribution in [2.45, 2.75) is 58.4 Å². The van der Waals surface area contributed by atoms with Crippen molar-refractivity contribution in [3.63, 3.8) is 0 Å². The summed E-state index contributed by atoms with van der Waals surface area (Å²) < 4.78 is 42.4. The van der Waals surface area contributed by atoms with E-state index in [1.807, 2.05) is 45.0 Å². The standard InChI is InChI=1S/C16H24F3NO/c1-4-20-15(9-6-10-16(17,18)19)13-7-5-8-14(11-13)21-12(2)3/h5,7-8,11-12,15,20H,4,6,9-10H2,1-3H3. The van der Waals surface area contributed by atoms with Crippen LogP contribution in [0.4, 0.5) is 13.2 Å². The molecule has 0 aromatic heterocycles. The van der Waals surface area contributed by atoms with Crippen molar-refractivity contribution in [1.29, 1.82) is 0 Å². The number of halogens is 3. The van der Waals surface area contributed by atoms with Gasteiger partial charge >= 0.3 is 6.18 Å². The molecule has 0 fully saturated rings. The van der Waals surface area contributed by atoms with Gasteiger partial charge in [-0.25, -0.2) is 0 Å². The van der Waals surface area contributed by atoms with Crippen molar-refractivity contribution in [2.75, 3.05) is 6.54 Å². The molecule has 1 aromatic carbocycles. The van der Waals surface area contributed by atoms with E-state index >= 15 is 0 Å². The zero-order valence-corrected chi connectivity index (χ0v) is 12.8. The van der Waals surface area contributed by atoms with Gasteiger partial charge in [-0.3, -0.25) is 0 Å². The van der Waals surface area contributed by atoms with Crippen LogP contribution in [0.15, 0.2) is 24.3 Å². The van der Waals surface area contributed by atoms with Crippen molar-refractivity contribution < 1.29 is 17.9 Å². The zero-order valence-electron chi connectivity index (χ0n) is 12.8. The molecule has 2 nitrogen and oxygen atoms in total. The molecule has 0 aliphatic heterocycles. The number of benzene rings is 1. The van der Waals surface area contributed by atoms with Crippen molar-refractivity contribution in [3.8, 4) is 5.75 Å². The molecule has 120 valence electrons. The largest absolute Gasteiger partial charge is 0.491 e. The summed E-state index contributed by atoms with van der Waals surface area (Å²) in [6.07, 6.45) is -4.17. The Hall–Kier alpha value is -1.23. The summed E-state index contributed by atoms with van der Waals surface area (Å²) >= 11 is 0. The molecule has 0 saturated carbocycles. The Labute approximate surface area is 124 Å². The van der Waals surface area contributed by atoms with E-state index in [2.05, 4.69) is 5.32 Å². The Morgan fingerprint density at radius 3 is 2.52 bits per heavy atom. The van der Waals surface area contributed by atoms with Crippen molar-refractivity contribution in [1.82, 2.24) is 5.32 Å². The Morgan fingerprint density at radius 1 is 1.24 bits per heavy atom. The van der Waals surface area contributed by atoms with Gasteiger partial charge in [-0.15, -0.1) is 0 Å². The third-order valence-corrected chi connectivity index (χ3v) is 3.04. The van der Waals surface area contributed by atoms with Crippen molar-refractivity contribution >= 4 is 0 Å². The molecule has 21 heavy (non-hydrogen) atoms. The number of rotatable bonds is 8. The lowest BCUT2D eigenvalue weighted by Gasteiger charge is -2.20. The molecular weight excluding hydrogens is 279 g/mol. The van der Waals surface area contributed by atoms with Gasteiger partial charge in [0.25, 0.3) is 0 Å². The lowest BCUT2D eigenvalue weighted by atomic mass is 10.0. The van der Waals surface area contributed by atoms with Gasteiger partial charge in [0.05, 0.1) is 6.10 Å². The maximum absolute atomic E-state index is 12.3. The fourth-order valence-electron chi connectivity index (χ4n) is 2.22. The molecule has 0 spiro atoms. The monoisotopic (exact) mass is 303 g/mol. The van der Waals surface area contributed by atoms with Crippen molar-refractivity contribution in [3.05, 3.63) is 29.8 Å². The lowest BCUT2D eigenvalue weighted by molar-refractivity contribution is -0.135. The average Bonchev–Trinajstić information content (AvgIpc) is 2.36. The van der Waals surface area contributed by atoms with Crippen LogP contribution in [0.3, 0.4) is 0 Å². The van der Waals surface area contributed by atoms with Gasteiger partial charge < -0.3 is 10.1 Å². The van der Waals surface area contributed by atoms with Crippen LogP contribution in [-0.4, -0.2) is 18.8 Å². The maximum Gasteiger partial charge on any atom is 0.389 e. The summed E-state index contributed by atoms with van der Waals surface area (Å²) in [5, 5.41) is 3.24. The summed E-state index contributed by atoms with van der Waals surface area (Å²) in [7, 11) is 0. The number of ether oxygens (including phenoxy) is 1. The van der Waals surface area contributed by atoms with Gasteiger partial charge in [-0.05, 0) is 50.9 Å². The molecule has 0 bridgehead atoms. The molecule has 1 N–H and O–H groups in total. The molecule has 0 heterocycles. The maximum atomic E-state index is 12.3. The van der Waals surface area contributed by atoms with Crippen LogP contribution in [0, 0.1) is 0 Å². The smallest absolute Gasteiger partial charge is 0.389 e. The van der Waals surface area contributed by atoms with E-state index in [1.165, 1.54) is 0 Å². The Morgan fingerprint density at radius 2 is 1.95 bits per heavy atom. The summed E-state index contributed by atoms with van der Waals surface area (Å²) in [4.78, 5) is 0. The van der Waals surface area contributed by atoms with Crippen LogP contribution >= 0.6 is 0 Å². The van der Waals surface area contributed by atoms with Gasteiger partial charge in [-0.1, -0.05) is 19.1 Å². The SMILES string of the molecule is CCNC(CCCC(F)(F)F)c1cccc(OC(C)C)c1. The fraction of sp³-hybridized carbons (Fsp3) is 0.625. The van der Waals surface area contributed by atoms with E-state index in [0.29, 0.717) is 13.0 Å². The Bertz CT molecular complexity index is 418. The summed E-state index contributed by atoms with van der Waals surface area (Å²) in [5.74, 6) is 0.751. The van der Waals surface area contributed by atoms with Gasteiger partial charge in [0.1, 0.15) is 5.75 Å². The van der Waals surface area contributed by atoms with E-state index in [4.69, 9.17) is 4.74 Å². The molecule has 1 rings (SSSR count). The van der Waals surface area contributed by atoms with E-state index < -0.39 is 12.6 Å². The first kappa shape index (κ1) is 17.8. The van der Waals surface area contributed by atoms with Gasteiger partial charge in [0.2, 0.25) is 0 Å². The van der Waals surface area contributed by atoms with Crippen LogP contribution in [-0.2, 0) is 0 Å². The first-order valence-corrected chi connectivity index (χ1v) is 7.38. The van der Waals surface area contributed by atoms with E-state index in [0.717, 1.165) is 11.3 Å². The van der Waals surface area contributed by atoms with E-state index in [9.17, 15) is 13.2 Å². The van der Waals surface area contributed by atoms with Crippen LogP contribution in [0.2, 0.25) is 0 Å². The topological polar surface area (TPSA) is 21.3 Å². The third-order valence-electron chi connectivity index (χ3n) is 3.04. The van der Waals surface area contributed by atoms with Crippen LogP contribution in [0.1, 0.15) is 51.6 Å². The highest BCUT2D eigenvalue weighted by molar-refractivity contribution is 5.30. The second-order valence-corrected chi connectivity index (χ2v) is 5.36. The zero-order chi connectivity index (χ0) is 15.9. The second kappa shape index (κ2) is 8.27. The van der Waals surface area contributed by atoms with E-state index in [-0.39, 0.29) is 18.6 Å². The van der Waals surface area contributed by atoms with Crippen LogP contribution in [0.25, 0.3) is 0 Å². The lowest BCUT2D eigenvalue weighted by Crippen LogP contribution is -2.21. The molecule has 0 aliphatic carbocycles. The molecule has 0 saturated heterocycles. The molecule has 0 aliphatic rings. The predicted octanol–water partition coefficient (Wildman–Crippen LogP) is 4.86. The van der Waals surface area contributed by atoms with Crippen molar-refractivity contribution in [2.24, 2.45) is 0 Å². The number of nitrogens with one attached hydrogen (secondary N) is 1. The minimum Gasteiger partial charge on any atom is -0.491 e. The molecule has 5 heteroatoms. The average molecular weight is 303 g/mol. The number of alkyl halides is 3. The fourth-order valence-corrected chi connectivity index (χ4v) is 2.22. The first-order chi connectivity index (χ1) is 9.81. The quantitative estimate of drug-likeness (QED) is 0.740. The highest BCUT2D eigenvalue weighted by Crippen LogP contribution is 2.28. The summed E-state index contributed by atoms with van der Waals surface area (Å²) in [5.41, 5.74) is 0.970. The molecule has 1 unspecified atom stereocenters. The highest BCUT2D eigenvalue weighted by atomic mass is 19.4. The Balaban J connectivity index is 2.70. The van der Waals surface area contributed by atoms with Crippen LogP contribution < -0.4 is 10.1 Å². The normalized spacial score (nSPS) is 13.5. The molecule has 1 atom stereocenters. The highest BCUT2D eigenvalue weighted by Gasteiger charge is 2.26. The molecule has 1 aromatic rings. The summed E-state index contributed by atoms with van der Waals surface area (Å²) in [6.45, 7) is 6.55. The molecule has 0 amide bonds. The Kier molecular flexibility index (Phi) is 7.02. The number of hydrogen-bond donors (Lipinski definition) is 1. The number of hydrogen-bond acceptors (Lipinski definition) is 2. The summed E-state index contributed by atoms with van der Waals surface area (Å²) in [6, 6.07) is 7.49. The third kappa shape index (κ3) is 7.37. The van der Waals surface area contributed by atoms with Gasteiger partial charge in [0, 0.05) is 12.5 Å². The first-order valence-electron chi connectivity index (χ1n) is 7.38. The molecular formula is C16H24F3NO. The minimum absolute atomic E-state index is 0.0723. The minimum atomic E-state index is -4.08. The predicted molar refractivity (Wildman–Crippen MR) is 78.5 cm³/mol. The molecule has 0 radical (unpaired) electrons. The van der Waals surface area contributed by atoms with Crippen LogP contribution in [0.5, 0.6) is 5.75 Å². The van der Waals surface area contributed by atoms with Gasteiger partial charge in [0.15, 0.2) is 0 Å². The van der Waals surface area contributed by atoms with E-state index in [1.54, 1.807) is 0 Å². The van der Waals surface area contributed by atoms with Gasteiger partial charge in [-0.2, -0.15) is 13.2 Å². The second-order valence-electron chi connectivity index (χ2n) is 5.36.